The van der Waals surface area contributed by atoms with E-state index in [-0.39, 0.29) is 17.5 Å². The minimum Gasteiger partial charge on any atom is -0.384 e. The predicted molar refractivity (Wildman–Crippen MR) is 63.1 cm³/mol. The molecule has 0 aliphatic heterocycles. The molecule has 0 bridgehead atoms. The van der Waals surface area contributed by atoms with Crippen molar-refractivity contribution in [2.45, 2.75) is 5.16 Å². The maximum absolute atomic E-state index is 12.0. The molecule has 0 saturated heterocycles. The van der Waals surface area contributed by atoms with Crippen LogP contribution in [0.25, 0.3) is 5.69 Å². The van der Waals surface area contributed by atoms with Crippen molar-refractivity contribution in [2.24, 2.45) is 0 Å². The summed E-state index contributed by atoms with van der Waals surface area (Å²) in [6, 6.07) is 8.84. The van der Waals surface area contributed by atoms with E-state index in [4.69, 9.17) is 4.74 Å². The number of hydrogen-bond donors (Lipinski definition) is 0. The fourth-order valence-electron chi connectivity index (χ4n) is 1.39. The van der Waals surface area contributed by atoms with Crippen LogP contribution in [0.15, 0.2) is 35.5 Å². The van der Waals surface area contributed by atoms with Gasteiger partial charge in [0, 0.05) is 7.11 Å². The van der Waals surface area contributed by atoms with Gasteiger partial charge in [-0.1, -0.05) is 23.3 Å². The van der Waals surface area contributed by atoms with E-state index in [1.54, 1.807) is 24.3 Å². The Morgan fingerprint density at radius 3 is 2.67 bits per heavy atom. The smallest absolute Gasteiger partial charge is 0.272 e. The molecule has 0 amide bonds. The summed E-state index contributed by atoms with van der Waals surface area (Å²) in [4.78, 5) is 0. The number of benzene rings is 1. The molecule has 1 aromatic heterocycles. The van der Waals surface area contributed by atoms with Gasteiger partial charge < -0.3 is 4.74 Å². The number of hydrogen-bond acceptors (Lipinski definition) is 6. The van der Waals surface area contributed by atoms with Gasteiger partial charge in [-0.25, -0.2) is 8.42 Å². The number of methoxy groups -OCH3 is 1. The van der Waals surface area contributed by atoms with Gasteiger partial charge in [0.1, 0.15) is 0 Å². The lowest BCUT2D eigenvalue weighted by molar-refractivity contribution is 0.217. The molecular weight excluding hydrogens is 256 g/mol. The summed E-state index contributed by atoms with van der Waals surface area (Å²) in [5.41, 5.74) is 0.596. The molecule has 0 saturated carbocycles. The van der Waals surface area contributed by atoms with Gasteiger partial charge >= 0.3 is 0 Å². The number of rotatable bonds is 5. The summed E-state index contributed by atoms with van der Waals surface area (Å²) in [5, 5.41) is 10.5. The normalized spacial score (nSPS) is 11.6. The molecule has 2 aromatic rings. The number of aromatic nitrogens is 4. The van der Waals surface area contributed by atoms with Crippen LogP contribution < -0.4 is 0 Å². The van der Waals surface area contributed by atoms with Crippen molar-refractivity contribution in [1.29, 1.82) is 0 Å². The highest BCUT2D eigenvalue weighted by molar-refractivity contribution is 7.91. The first-order valence-electron chi connectivity index (χ1n) is 5.20. The van der Waals surface area contributed by atoms with E-state index in [2.05, 4.69) is 15.5 Å². The Hall–Kier alpha value is -1.80. The predicted octanol–water partition coefficient (Wildman–Crippen LogP) is 0.0824. The second-order valence-corrected chi connectivity index (χ2v) is 5.52. The molecule has 0 fully saturated rings. The number of para-hydroxylation sites is 1. The molecule has 0 N–H and O–H groups in total. The Bertz CT molecular complexity index is 609. The second kappa shape index (κ2) is 5.23. The van der Waals surface area contributed by atoms with Gasteiger partial charge in [0.15, 0.2) is 0 Å². The third-order valence-electron chi connectivity index (χ3n) is 2.28. The van der Waals surface area contributed by atoms with E-state index in [1.807, 2.05) is 6.07 Å². The van der Waals surface area contributed by atoms with E-state index in [0.29, 0.717) is 5.69 Å². The monoisotopic (exact) mass is 268 g/mol. The third-order valence-corrected chi connectivity index (χ3v) is 3.79. The first-order valence-corrected chi connectivity index (χ1v) is 6.86. The molecule has 18 heavy (non-hydrogen) atoms. The van der Waals surface area contributed by atoms with Crippen LogP contribution in [0.5, 0.6) is 0 Å². The molecule has 0 spiro atoms. The van der Waals surface area contributed by atoms with Crippen molar-refractivity contribution in [3.63, 3.8) is 0 Å². The minimum absolute atomic E-state index is 0.101. The molecule has 0 atom stereocenters. The van der Waals surface area contributed by atoms with E-state index < -0.39 is 9.84 Å². The molecule has 1 aromatic carbocycles. The highest BCUT2D eigenvalue weighted by Crippen LogP contribution is 2.12. The first-order chi connectivity index (χ1) is 8.65. The fourth-order valence-corrected chi connectivity index (χ4v) is 2.52. The van der Waals surface area contributed by atoms with Crippen LogP contribution in [-0.4, -0.2) is 48.1 Å². The maximum atomic E-state index is 12.0. The Morgan fingerprint density at radius 2 is 2.00 bits per heavy atom. The average molecular weight is 268 g/mol. The summed E-state index contributed by atoms with van der Waals surface area (Å²) in [5.74, 6) is -0.156. The summed E-state index contributed by atoms with van der Waals surface area (Å²) >= 11 is 0. The quantitative estimate of drug-likeness (QED) is 0.763. The lowest BCUT2D eigenvalue weighted by Crippen LogP contribution is -2.17. The highest BCUT2D eigenvalue weighted by atomic mass is 32.2. The Morgan fingerprint density at radius 1 is 1.28 bits per heavy atom. The summed E-state index contributed by atoms with van der Waals surface area (Å²) in [6.45, 7) is 0.101. The number of ether oxygens (including phenoxy) is 1. The lowest BCUT2D eigenvalue weighted by Gasteiger charge is -2.04. The first kappa shape index (κ1) is 12.7. The number of tetrazole rings is 1. The number of nitrogens with zero attached hydrogens (tertiary/aromatic N) is 4. The zero-order chi connectivity index (χ0) is 13.0. The molecule has 0 unspecified atom stereocenters. The van der Waals surface area contributed by atoms with Gasteiger partial charge in [-0.3, -0.25) is 0 Å². The Kier molecular flexibility index (Phi) is 3.68. The second-order valence-electron chi connectivity index (χ2n) is 3.52. The average Bonchev–Trinajstić information content (AvgIpc) is 2.87. The molecule has 7 nitrogen and oxygen atoms in total. The number of sulfone groups is 1. The molecule has 1 heterocycles. The van der Waals surface area contributed by atoms with Gasteiger partial charge in [-0.15, -0.1) is 0 Å². The van der Waals surface area contributed by atoms with E-state index >= 15 is 0 Å². The molecule has 0 aliphatic carbocycles. The van der Waals surface area contributed by atoms with Crippen LogP contribution in [-0.2, 0) is 14.6 Å². The van der Waals surface area contributed by atoms with E-state index in [1.165, 1.54) is 11.8 Å². The zero-order valence-electron chi connectivity index (χ0n) is 9.72. The summed E-state index contributed by atoms with van der Waals surface area (Å²) in [7, 11) is -2.12. The standard InChI is InChI=1S/C10H12N4O3S/c1-17-7-8-18(15,16)10-11-12-13-14(10)9-5-3-2-4-6-9/h2-6H,7-8H2,1H3. The van der Waals surface area contributed by atoms with Crippen molar-refractivity contribution in [2.75, 3.05) is 19.5 Å². The van der Waals surface area contributed by atoms with E-state index in [0.717, 1.165) is 0 Å². The van der Waals surface area contributed by atoms with Crippen molar-refractivity contribution in [1.82, 2.24) is 20.2 Å². The molecule has 8 heteroatoms. The Labute approximate surface area is 104 Å². The van der Waals surface area contributed by atoms with Crippen molar-refractivity contribution in [3.05, 3.63) is 30.3 Å². The van der Waals surface area contributed by atoms with Gasteiger partial charge in [-0.2, -0.15) is 4.68 Å². The topological polar surface area (TPSA) is 87.0 Å². The van der Waals surface area contributed by atoms with Gasteiger partial charge in [0.2, 0.25) is 9.84 Å². The minimum atomic E-state index is -3.56. The van der Waals surface area contributed by atoms with Crippen LogP contribution in [0.1, 0.15) is 0 Å². The van der Waals surface area contributed by atoms with Gasteiger partial charge in [0.05, 0.1) is 18.0 Å². The molecule has 0 radical (unpaired) electrons. The molecule has 2 rings (SSSR count). The third kappa shape index (κ3) is 2.54. The van der Waals surface area contributed by atoms with Crippen molar-refractivity contribution in [3.8, 4) is 5.69 Å². The van der Waals surface area contributed by atoms with Crippen LogP contribution >= 0.6 is 0 Å². The SMILES string of the molecule is COCCS(=O)(=O)c1nnnn1-c1ccccc1. The molecule has 0 aliphatic rings. The van der Waals surface area contributed by atoms with Crippen molar-refractivity contribution >= 4 is 9.84 Å². The molecular formula is C10H12N4O3S. The lowest BCUT2D eigenvalue weighted by atomic mass is 10.3. The van der Waals surface area contributed by atoms with Crippen molar-refractivity contribution < 1.29 is 13.2 Å². The van der Waals surface area contributed by atoms with Crippen LogP contribution in [0.3, 0.4) is 0 Å². The highest BCUT2D eigenvalue weighted by Gasteiger charge is 2.23. The molecule has 96 valence electrons. The van der Waals surface area contributed by atoms with Crippen LogP contribution in [0, 0.1) is 0 Å². The Balaban J connectivity index is 2.40. The van der Waals surface area contributed by atoms with E-state index in [9.17, 15) is 8.42 Å². The van der Waals surface area contributed by atoms with Gasteiger partial charge in [0.25, 0.3) is 5.16 Å². The van der Waals surface area contributed by atoms with Gasteiger partial charge in [-0.05, 0) is 22.6 Å². The largest absolute Gasteiger partial charge is 0.384 e. The maximum Gasteiger partial charge on any atom is 0.272 e. The van der Waals surface area contributed by atoms with Crippen LogP contribution in [0.4, 0.5) is 0 Å². The van der Waals surface area contributed by atoms with Crippen LogP contribution in [0.2, 0.25) is 0 Å². The summed E-state index contributed by atoms with van der Waals surface area (Å²) < 4.78 is 30.0. The summed E-state index contributed by atoms with van der Waals surface area (Å²) in [6.07, 6.45) is 0. The fraction of sp³-hybridized carbons (Fsp3) is 0.300. The zero-order valence-corrected chi connectivity index (χ0v) is 10.5.